The van der Waals surface area contributed by atoms with Gasteiger partial charge in [-0.1, -0.05) is 12.1 Å². The Labute approximate surface area is 227 Å². The van der Waals surface area contributed by atoms with Crippen molar-refractivity contribution in [1.29, 1.82) is 0 Å². The zero-order chi connectivity index (χ0) is 27.3. The van der Waals surface area contributed by atoms with Gasteiger partial charge in [0.1, 0.15) is 11.9 Å². The number of hydrogen-bond acceptors (Lipinski definition) is 7. The molecule has 0 atom stereocenters. The minimum atomic E-state index is -0.576. The number of aldehydes is 1. The quantitative estimate of drug-likeness (QED) is 0.220. The van der Waals surface area contributed by atoms with Crippen LogP contribution < -0.4 is 15.0 Å². The molecule has 0 spiro atoms. The van der Waals surface area contributed by atoms with Crippen LogP contribution in [0.1, 0.15) is 61.6 Å². The van der Waals surface area contributed by atoms with Crippen LogP contribution in [0.5, 0.6) is 5.75 Å². The zero-order valence-electron chi connectivity index (χ0n) is 22.3. The molecule has 0 bridgehead atoms. The van der Waals surface area contributed by atoms with Gasteiger partial charge in [0.15, 0.2) is 11.6 Å². The maximum atomic E-state index is 14.2. The molecule has 7 nitrogen and oxygen atoms in total. The summed E-state index contributed by atoms with van der Waals surface area (Å²) in [5, 5.41) is 2.89. The van der Waals surface area contributed by atoms with E-state index in [1.807, 2.05) is 33.2 Å². The number of rotatable bonds is 11. The summed E-state index contributed by atoms with van der Waals surface area (Å²) >= 11 is 1.60. The molecular formula is C29H34FN3O4S. The normalized spacial score (nSPS) is 13.2. The number of thiazole rings is 1. The number of nitrogens with zero attached hydrogens (tertiary/aromatic N) is 2. The Kier molecular flexibility index (Phi) is 8.66. The van der Waals surface area contributed by atoms with Gasteiger partial charge in [-0.15, -0.1) is 11.3 Å². The molecule has 38 heavy (non-hydrogen) atoms. The third kappa shape index (κ3) is 7.31. The lowest BCUT2D eigenvalue weighted by Crippen LogP contribution is -2.33. The number of benzene rings is 2. The fraction of sp³-hybridized carbons (Fsp3) is 0.414. The average Bonchev–Trinajstić information content (AvgIpc) is 3.62. The highest BCUT2D eigenvalue weighted by molar-refractivity contribution is 7.13. The van der Waals surface area contributed by atoms with Crippen LogP contribution in [-0.4, -0.2) is 42.2 Å². The van der Waals surface area contributed by atoms with E-state index in [4.69, 9.17) is 9.47 Å². The molecule has 1 aromatic heterocycles. The van der Waals surface area contributed by atoms with Gasteiger partial charge in [-0.25, -0.2) is 14.2 Å². The first-order valence-electron chi connectivity index (χ1n) is 12.8. The van der Waals surface area contributed by atoms with Gasteiger partial charge < -0.3 is 19.7 Å². The SMILES string of the molecule is Cc1ncsc1-c1ccc(CNC(=O)OC(C)(C)C)c(N(CCCOc2ccc(C=O)cc2F)C2CC2)c1. The van der Waals surface area contributed by atoms with Crippen molar-refractivity contribution in [3.05, 3.63) is 64.5 Å². The van der Waals surface area contributed by atoms with Crippen molar-refractivity contribution >= 4 is 29.4 Å². The van der Waals surface area contributed by atoms with E-state index < -0.39 is 17.5 Å². The third-order valence-corrected chi connectivity index (χ3v) is 7.08. The second-order valence-electron chi connectivity index (χ2n) is 10.4. The molecule has 0 aliphatic heterocycles. The summed E-state index contributed by atoms with van der Waals surface area (Å²) in [4.78, 5) is 31.1. The molecule has 1 aliphatic carbocycles. The van der Waals surface area contributed by atoms with E-state index in [2.05, 4.69) is 33.4 Å². The molecule has 1 heterocycles. The van der Waals surface area contributed by atoms with Gasteiger partial charge >= 0.3 is 6.09 Å². The first kappa shape index (κ1) is 27.6. The van der Waals surface area contributed by atoms with Crippen LogP contribution in [0.2, 0.25) is 0 Å². The predicted molar refractivity (Wildman–Crippen MR) is 148 cm³/mol. The van der Waals surface area contributed by atoms with Gasteiger partial charge in [-0.3, -0.25) is 4.79 Å². The van der Waals surface area contributed by atoms with E-state index in [1.165, 1.54) is 12.1 Å². The largest absolute Gasteiger partial charge is 0.490 e. The van der Waals surface area contributed by atoms with Crippen LogP contribution >= 0.6 is 11.3 Å². The Balaban J connectivity index is 1.51. The monoisotopic (exact) mass is 539 g/mol. The molecule has 0 unspecified atom stereocenters. The highest BCUT2D eigenvalue weighted by atomic mass is 32.1. The van der Waals surface area contributed by atoms with E-state index in [0.717, 1.165) is 40.2 Å². The number of nitrogens with one attached hydrogen (secondary N) is 1. The third-order valence-electron chi connectivity index (χ3n) is 6.11. The summed E-state index contributed by atoms with van der Waals surface area (Å²) < 4.78 is 25.3. The Morgan fingerprint density at radius 1 is 1.24 bits per heavy atom. The Hall–Kier alpha value is -3.46. The van der Waals surface area contributed by atoms with Crippen molar-refractivity contribution in [3.63, 3.8) is 0 Å². The predicted octanol–water partition coefficient (Wildman–Crippen LogP) is 6.53. The summed E-state index contributed by atoms with van der Waals surface area (Å²) in [7, 11) is 0. The van der Waals surface area contributed by atoms with E-state index in [-0.39, 0.29) is 11.3 Å². The van der Waals surface area contributed by atoms with Crippen LogP contribution in [0.25, 0.3) is 10.4 Å². The van der Waals surface area contributed by atoms with Gasteiger partial charge in [0.25, 0.3) is 0 Å². The van der Waals surface area contributed by atoms with Crippen molar-refractivity contribution in [3.8, 4) is 16.2 Å². The average molecular weight is 540 g/mol. The molecule has 1 aliphatic rings. The smallest absolute Gasteiger partial charge is 0.407 e. The molecule has 1 fully saturated rings. The topological polar surface area (TPSA) is 80.8 Å². The Morgan fingerprint density at radius 3 is 2.66 bits per heavy atom. The van der Waals surface area contributed by atoms with Crippen molar-refractivity contribution < 1.29 is 23.5 Å². The number of alkyl carbamates (subject to hydrolysis) is 1. The molecule has 4 rings (SSSR count). The minimum absolute atomic E-state index is 0.137. The molecule has 3 aromatic rings. The number of anilines is 1. The van der Waals surface area contributed by atoms with Gasteiger partial charge in [0, 0.05) is 30.4 Å². The van der Waals surface area contributed by atoms with Crippen molar-refractivity contribution in [2.75, 3.05) is 18.1 Å². The lowest BCUT2D eigenvalue weighted by Gasteiger charge is -2.28. The fourth-order valence-corrected chi connectivity index (χ4v) is 5.00. The lowest BCUT2D eigenvalue weighted by atomic mass is 10.0. The van der Waals surface area contributed by atoms with Crippen molar-refractivity contribution in [2.45, 2.75) is 65.1 Å². The van der Waals surface area contributed by atoms with Crippen LogP contribution in [0.15, 0.2) is 41.9 Å². The van der Waals surface area contributed by atoms with Gasteiger partial charge in [-0.2, -0.15) is 0 Å². The van der Waals surface area contributed by atoms with E-state index in [0.29, 0.717) is 38.4 Å². The zero-order valence-corrected chi connectivity index (χ0v) is 23.1. The van der Waals surface area contributed by atoms with Crippen LogP contribution in [0.4, 0.5) is 14.9 Å². The number of amides is 1. The molecular weight excluding hydrogens is 505 g/mol. The van der Waals surface area contributed by atoms with Crippen LogP contribution in [-0.2, 0) is 11.3 Å². The van der Waals surface area contributed by atoms with Crippen molar-refractivity contribution in [1.82, 2.24) is 10.3 Å². The molecule has 0 saturated heterocycles. The maximum Gasteiger partial charge on any atom is 0.407 e. The summed E-state index contributed by atoms with van der Waals surface area (Å²) in [6.07, 6.45) is 3.00. The summed E-state index contributed by atoms with van der Waals surface area (Å²) in [5.74, 6) is -0.407. The maximum absolute atomic E-state index is 14.2. The summed E-state index contributed by atoms with van der Waals surface area (Å²) in [6.45, 7) is 8.89. The molecule has 1 amide bonds. The number of hydrogen-bond donors (Lipinski definition) is 1. The summed E-state index contributed by atoms with van der Waals surface area (Å²) in [6, 6.07) is 10.9. The second-order valence-corrected chi connectivity index (χ2v) is 11.3. The number of aromatic nitrogens is 1. The van der Waals surface area contributed by atoms with Crippen LogP contribution in [0, 0.1) is 12.7 Å². The number of halogens is 1. The number of aryl methyl sites for hydroxylation is 1. The molecule has 202 valence electrons. The first-order chi connectivity index (χ1) is 18.1. The van der Waals surface area contributed by atoms with Gasteiger partial charge in [0.05, 0.1) is 22.7 Å². The Bertz CT molecular complexity index is 1280. The summed E-state index contributed by atoms with van der Waals surface area (Å²) in [5.41, 5.74) is 5.65. The Morgan fingerprint density at radius 2 is 2.03 bits per heavy atom. The fourth-order valence-electron chi connectivity index (χ4n) is 4.19. The number of ether oxygens (including phenoxy) is 2. The van der Waals surface area contributed by atoms with E-state index in [9.17, 15) is 14.0 Å². The number of carbonyl (C=O) groups excluding carboxylic acids is 2. The highest BCUT2D eigenvalue weighted by Gasteiger charge is 2.31. The second kappa shape index (κ2) is 11.9. The molecule has 1 saturated carbocycles. The first-order valence-corrected chi connectivity index (χ1v) is 13.7. The van der Waals surface area contributed by atoms with Crippen LogP contribution in [0.3, 0.4) is 0 Å². The van der Waals surface area contributed by atoms with Gasteiger partial charge in [-0.05, 0) is 82.3 Å². The number of carbonyl (C=O) groups is 2. The molecule has 2 aromatic carbocycles. The standard InChI is InChI=1S/C29H34FN3O4S/c1-19-27(38-18-32-19)21-7-8-22(16-31-28(35)37-29(2,3)4)25(15-21)33(23-9-10-23)12-5-13-36-26-11-6-20(17-34)14-24(26)30/h6-8,11,14-15,17-18,23H,5,9-10,12-13,16H2,1-4H3,(H,31,35). The molecule has 9 heteroatoms. The molecule has 1 N–H and O–H groups in total. The van der Waals surface area contributed by atoms with E-state index >= 15 is 0 Å². The lowest BCUT2D eigenvalue weighted by molar-refractivity contribution is 0.0523. The van der Waals surface area contributed by atoms with Crippen molar-refractivity contribution in [2.24, 2.45) is 0 Å². The van der Waals surface area contributed by atoms with Gasteiger partial charge in [0.2, 0.25) is 0 Å². The highest BCUT2D eigenvalue weighted by Crippen LogP contribution is 2.38. The minimum Gasteiger partial charge on any atom is -0.490 e. The van der Waals surface area contributed by atoms with E-state index in [1.54, 1.807) is 17.4 Å². The molecule has 0 radical (unpaired) electrons.